The van der Waals surface area contributed by atoms with Crippen LogP contribution in [0.15, 0.2) is 6.07 Å². The minimum Gasteiger partial charge on any atom is -0.503 e. The molecule has 0 fully saturated rings. The summed E-state index contributed by atoms with van der Waals surface area (Å²) < 4.78 is 9.40. The summed E-state index contributed by atoms with van der Waals surface area (Å²) >= 11 is 11.9. The molecule has 0 saturated carbocycles. The van der Waals surface area contributed by atoms with Crippen LogP contribution in [0, 0.1) is 0 Å². The molecule has 0 unspecified atom stereocenters. The quantitative estimate of drug-likeness (QED) is 0.827. The van der Waals surface area contributed by atoms with Gasteiger partial charge >= 0.3 is 5.97 Å². The van der Waals surface area contributed by atoms with Gasteiger partial charge in [0.05, 0.1) is 19.2 Å². The van der Waals surface area contributed by atoms with Crippen LogP contribution in [0.3, 0.4) is 0 Å². The monoisotopic (exact) mass is 293 g/mol. The molecule has 0 aliphatic rings. The van der Waals surface area contributed by atoms with Gasteiger partial charge in [-0.25, -0.2) is 0 Å². The summed E-state index contributed by atoms with van der Waals surface area (Å²) in [5, 5.41) is 10.0. The van der Waals surface area contributed by atoms with Gasteiger partial charge in [0, 0.05) is 17.5 Å². The van der Waals surface area contributed by atoms with E-state index >= 15 is 0 Å². The number of aromatic hydroxyl groups is 1. The first-order chi connectivity index (χ1) is 8.42. The fourth-order valence-electron chi connectivity index (χ4n) is 1.42. The zero-order chi connectivity index (χ0) is 13.9. The first kappa shape index (κ1) is 14.9. The fraction of sp³-hybridized carbons (Fsp3) is 0.364. The topological polar surface area (TPSA) is 81.8 Å². The lowest BCUT2D eigenvalue weighted by atomic mass is 10.1. The van der Waals surface area contributed by atoms with E-state index in [0.29, 0.717) is 5.56 Å². The molecule has 3 N–H and O–H groups in total. The van der Waals surface area contributed by atoms with Gasteiger partial charge in [-0.1, -0.05) is 23.2 Å². The molecular weight excluding hydrogens is 281 g/mol. The standard InChI is InChI=1S/C11H13Cl2NO4/c1-17-8-4-6(12)5(9(13)10(8)15)3-7(14)11(16)18-2/h4,7,15H,3,14H2,1-2H3/t7-/m1/s1. The van der Waals surface area contributed by atoms with Crippen LogP contribution in [-0.4, -0.2) is 31.3 Å². The number of halogens is 2. The zero-order valence-electron chi connectivity index (χ0n) is 9.87. The highest BCUT2D eigenvalue weighted by molar-refractivity contribution is 6.37. The summed E-state index contributed by atoms with van der Waals surface area (Å²) in [4.78, 5) is 11.2. The van der Waals surface area contributed by atoms with Crippen molar-refractivity contribution in [1.29, 1.82) is 0 Å². The van der Waals surface area contributed by atoms with E-state index in [1.165, 1.54) is 20.3 Å². The summed E-state index contributed by atoms with van der Waals surface area (Å²) in [5.41, 5.74) is 5.98. The van der Waals surface area contributed by atoms with Crippen LogP contribution in [0.2, 0.25) is 10.0 Å². The van der Waals surface area contributed by atoms with Crippen LogP contribution < -0.4 is 10.5 Å². The second-order valence-corrected chi connectivity index (χ2v) is 4.32. The molecule has 0 amide bonds. The number of methoxy groups -OCH3 is 2. The Morgan fingerprint density at radius 3 is 2.61 bits per heavy atom. The molecule has 1 atom stereocenters. The van der Waals surface area contributed by atoms with E-state index < -0.39 is 12.0 Å². The number of esters is 1. The molecule has 100 valence electrons. The first-order valence-electron chi connectivity index (χ1n) is 4.99. The van der Waals surface area contributed by atoms with E-state index in [1.54, 1.807) is 0 Å². The lowest BCUT2D eigenvalue weighted by Crippen LogP contribution is -2.33. The van der Waals surface area contributed by atoms with Gasteiger partial charge in [0.25, 0.3) is 0 Å². The molecule has 1 rings (SSSR count). The van der Waals surface area contributed by atoms with Crippen molar-refractivity contribution in [2.45, 2.75) is 12.5 Å². The lowest BCUT2D eigenvalue weighted by Gasteiger charge is -2.14. The normalized spacial score (nSPS) is 12.1. The maximum Gasteiger partial charge on any atom is 0.322 e. The molecule has 0 radical (unpaired) electrons. The van der Waals surface area contributed by atoms with Crippen molar-refractivity contribution >= 4 is 29.2 Å². The Labute approximate surface area is 114 Å². The number of nitrogens with two attached hydrogens (primary N) is 1. The molecule has 0 bridgehead atoms. The molecule has 0 aliphatic carbocycles. The van der Waals surface area contributed by atoms with Gasteiger partial charge < -0.3 is 20.3 Å². The van der Waals surface area contributed by atoms with Gasteiger partial charge in [0.1, 0.15) is 6.04 Å². The minimum absolute atomic E-state index is 0.0127. The van der Waals surface area contributed by atoms with E-state index in [-0.39, 0.29) is 28.0 Å². The van der Waals surface area contributed by atoms with Crippen molar-refractivity contribution in [3.05, 3.63) is 21.7 Å². The third-order valence-electron chi connectivity index (χ3n) is 2.40. The largest absolute Gasteiger partial charge is 0.503 e. The van der Waals surface area contributed by atoms with Gasteiger partial charge in [-0.2, -0.15) is 0 Å². The molecule has 7 heteroatoms. The number of phenols is 1. The second-order valence-electron chi connectivity index (χ2n) is 3.54. The lowest BCUT2D eigenvalue weighted by molar-refractivity contribution is -0.142. The Morgan fingerprint density at radius 2 is 2.11 bits per heavy atom. The zero-order valence-corrected chi connectivity index (χ0v) is 11.4. The summed E-state index contributed by atoms with van der Waals surface area (Å²) in [6.07, 6.45) is 0.0574. The van der Waals surface area contributed by atoms with Gasteiger partial charge in [-0.3, -0.25) is 4.79 Å². The first-order valence-corrected chi connectivity index (χ1v) is 5.75. The maximum absolute atomic E-state index is 11.2. The molecule has 0 saturated heterocycles. The summed E-state index contributed by atoms with van der Waals surface area (Å²) in [7, 11) is 2.61. The van der Waals surface area contributed by atoms with E-state index in [2.05, 4.69) is 4.74 Å². The highest BCUT2D eigenvalue weighted by Gasteiger charge is 2.21. The van der Waals surface area contributed by atoms with Gasteiger partial charge in [0.15, 0.2) is 11.5 Å². The van der Waals surface area contributed by atoms with Crippen LogP contribution in [-0.2, 0) is 16.0 Å². The number of hydrogen-bond acceptors (Lipinski definition) is 5. The number of carbonyl (C=O) groups is 1. The predicted octanol–water partition coefficient (Wildman–Crippen LogP) is 1.75. The van der Waals surface area contributed by atoms with Gasteiger partial charge in [-0.05, 0) is 5.56 Å². The van der Waals surface area contributed by atoms with Crippen molar-refractivity contribution in [3.8, 4) is 11.5 Å². The molecular formula is C11H13Cl2NO4. The van der Waals surface area contributed by atoms with Gasteiger partial charge in [0.2, 0.25) is 0 Å². The van der Waals surface area contributed by atoms with Crippen LogP contribution in [0.25, 0.3) is 0 Å². The third-order valence-corrected chi connectivity index (χ3v) is 3.14. The van der Waals surface area contributed by atoms with E-state index in [4.69, 9.17) is 33.7 Å². The third kappa shape index (κ3) is 2.98. The maximum atomic E-state index is 11.2. The highest BCUT2D eigenvalue weighted by Crippen LogP contribution is 2.41. The number of benzene rings is 1. The average Bonchev–Trinajstić information content (AvgIpc) is 2.37. The van der Waals surface area contributed by atoms with E-state index in [1.807, 2.05) is 0 Å². The molecule has 0 heterocycles. The molecule has 0 aromatic heterocycles. The average molecular weight is 294 g/mol. The predicted molar refractivity (Wildman–Crippen MR) is 68.4 cm³/mol. The number of ether oxygens (including phenoxy) is 2. The Balaban J connectivity index is 3.10. The smallest absolute Gasteiger partial charge is 0.322 e. The number of carbonyl (C=O) groups excluding carboxylic acids is 1. The van der Waals surface area contributed by atoms with E-state index in [0.717, 1.165) is 0 Å². The highest BCUT2D eigenvalue weighted by atomic mass is 35.5. The fourth-order valence-corrected chi connectivity index (χ4v) is 2.02. The summed E-state index contributed by atoms with van der Waals surface area (Å²) in [5.74, 6) is -0.673. The second kappa shape index (κ2) is 6.13. The van der Waals surface area contributed by atoms with Crippen LogP contribution in [0.1, 0.15) is 5.56 Å². The molecule has 1 aromatic carbocycles. The number of phenolic OH excluding ortho intramolecular Hbond substituents is 1. The van der Waals surface area contributed by atoms with Crippen LogP contribution in [0.5, 0.6) is 11.5 Å². The van der Waals surface area contributed by atoms with Crippen molar-refractivity contribution in [2.24, 2.45) is 5.73 Å². The van der Waals surface area contributed by atoms with Crippen molar-refractivity contribution in [1.82, 2.24) is 0 Å². The van der Waals surface area contributed by atoms with Crippen LogP contribution >= 0.6 is 23.2 Å². The van der Waals surface area contributed by atoms with Crippen LogP contribution in [0.4, 0.5) is 0 Å². The summed E-state index contributed by atoms with van der Waals surface area (Å²) in [6, 6.07) is 0.500. The SMILES string of the molecule is COC(=O)[C@H](N)Cc1c(Cl)cc(OC)c(O)c1Cl. The molecule has 0 spiro atoms. The van der Waals surface area contributed by atoms with Crippen molar-refractivity contribution in [3.63, 3.8) is 0 Å². The molecule has 5 nitrogen and oxygen atoms in total. The van der Waals surface area contributed by atoms with E-state index in [9.17, 15) is 9.90 Å². The Hall–Kier alpha value is -1.17. The molecule has 0 aliphatic heterocycles. The number of rotatable bonds is 4. The summed E-state index contributed by atoms with van der Waals surface area (Å²) in [6.45, 7) is 0. The Bertz CT molecular complexity index is 465. The van der Waals surface area contributed by atoms with Crippen molar-refractivity contribution < 1.29 is 19.4 Å². The molecule has 1 aromatic rings. The Kier molecular flexibility index (Phi) is 5.07. The minimum atomic E-state index is -0.905. The molecule has 18 heavy (non-hydrogen) atoms. The van der Waals surface area contributed by atoms with Gasteiger partial charge in [-0.15, -0.1) is 0 Å². The number of hydrogen-bond donors (Lipinski definition) is 2. The Morgan fingerprint density at radius 1 is 1.50 bits per heavy atom. The van der Waals surface area contributed by atoms with Crippen molar-refractivity contribution in [2.75, 3.05) is 14.2 Å².